The quantitative estimate of drug-likeness (QED) is 0.703. The number of aromatic nitrogens is 2. The smallest absolute Gasteiger partial charge is 0.272 e. The molecule has 2 saturated heterocycles. The van der Waals surface area contributed by atoms with E-state index in [-0.39, 0.29) is 29.6 Å². The number of carbonyl (C=O) groups is 2. The summed E-state index contributed by atoms with van der Waals surface area (Å²) < 4.78 is 14.6. The third kappa shape index (κ3) is 3.48. The molecule has 31 heavy (non-hydrogen) atoms. The van der Waals surface area contributed by atoms with Crippen LogP contribution in [-0.4, -0.2) is 57.5 Å². The van der Waals surface area contributed by atoms with Crippen LogP contribution in [0.5, 0.6) is 0 Å². The minimum atomic E-state index is -0.616. The second kappa shape index (κ2) is 7.61. The molecule has 7 nitrogen and oxygen atoms in total. The molecule has 0 unspecified atom stereocenters. The van der Waals surface area contributed by atoms with Gasteiger partial charge in [-0.1, -0.05) is 24.3 Å². The number of benzene rings is 2. The predicted octanol–water partition coefficient (Wildman–Crippen LogP) is 2.10. The Morgan fingerprint density at radius 3 is 2.81 bits per heavy atom. The molecule has 0 saturated carbocycles. The largest absolute Gasteiger partial charge is 0.336 e. The van der Waals surface area contributed by atoms with Gasteiger partial charge in [-0.3, -0.25) is 14.4 Å². The van der Waals surface area contributed by atoms with E-state index in [0.29, 0.717) is 35.0 Å². The molecule has 1 N–H and O–H groups in total. The summed E-state index contributed by atoms with van der Waals surface area (Å²) in [6.45, 7) is 1.14. The Balaban J connectivity index is 1.44. The molecule has 2 aliphatic heterocycles. The van der Waals surface area contributed by atoms with Crippen molar-refractivity contribution in [2.75, 3.05) is 19.6 Å². The highest BCUT2D eigenvalue weighted by molar-refractivity contribution is 5.97. The van der Waals surface area contributed by atoms with Crippen LogP contribution in [0.2, 0.25) is 0 Å². The van der Waals surface area contributed by atoms with E-state index in [0.717, 1.165) is 19.4 Å². The van der Waals surface area contributed by atoms with Crippen LogP contribution in [0.15, 0.2) is 47.3 Å². The first-order chi connectivity index (χ1) is 15.0. The zero-order valence-corrected chi connectivity index (χ0v) is 16.8. The lowest BCUT2D eigenvalue weighted by Crippen LogP contribution is -2.55. The first-order valence-electron chi connectivity index (χ1n) is 10.3. The van der Waals surface area contributed by atoms with Gasteiger partial charge in [0.25, 0.3) is 11.5 Å². The van der Waals surface area contributed by atoms with Gasteiger partial charge in [-0.2, -0.15) is 5.10 Å². The Morgan fingerprint density at radius 1 is 1.16 bits per heavy atom. The fraction of sp³-hybridized carbons (Fsp3) is 0.304. The number of hydrogen-bond donors (Lipinski definition) is 1. The second-order valence-electron chi connectivity index (χ2n) is 8.10. The third-order valence-corrected chi connectivity index (χ3v) is 6.15. The summed E-state index contributed by atoms with van der Waals surface area (Å²) in [5.41, 5.74) is 1.01. The lowest BCUT2D eigenvalue weighted by atomic mass is 10.0. The highest BCUT2D eigenvalue weighted by Gasteiger charge is 2.38. The van der Waals surface area contributed by atoms with E-state index >= 15 is 0 Å². The molecule has 1 atom stereocenters. The number of rotatable bonds is 3. The molecule has 3 heterocycles. The van der Waals surface area contributed by atoms with E-state index in [9.17, 15) is 18.8 Å². The van der Waals surface area contributed by atoms with Crippen LogP contribution in [-0.2, 0) is 11.2 Å². The van der Waals surface area contributed by atoms with E-state index in [2.05, 4.69) is 10.2 Å². The number of amides is 2. The summed E-state index contributed by atoms with van der Waals surface area (Å²) in [4.78, 5) is 40.7. The van der Waals surface area contributed by atoms with Crippen LogP contribution in [0, 0.1) is 5.82 Å². The molecule has 2 aliphatic rings. The van der Waals surface area contributed by atoms with Crippen LogP contribution in [0.3, 0.4) is 0 Å². The number of piperazine rings is 1. The molecule has 0 bridgehead atoms. The average Bonchev–Trinajstić information content (AvgIpc) is 3.26. The van der Waals surface area contributed by atoms with Gasteiger partial charge in [0.1, 0.15) is 12.4 Å². The highest BCUT2D eigenvalue weighted by atomic mass is 19.1. The Bertz CT molecular complexity index is 1260. The summed E-state index contributed by atoms with van der Waals surface area (Å²) in [6, 6.07) is 11.6. The van der Waals surface area contributed by atoms with Gasteiger partial charge in [0.05, 0.1) is 16.6 Å². The molecule has 1 aromatic heterocycles. The van der Waals surface area contributed by atoms with Crippen molar-refractivity contribution in [3.8, 4) is 0 Å². The number of nitrogens with one attached hydrogen (secondary N) is 1. The molecule has 158 valence electrons. The maximum absolute atomic E-state index is 14.6. The van der Waals surface area contributed by atoms with Crippen molar-refractivity contribution in [1.29, 1.82) is 0 Å². The topological polar surface area (TPSA) is 86.4 Å². The van der Waals surface area contributed by atoms with Crippen molar-refractivity contribution in [3.63, 3.8) is 0 Å². The fourth-order valence-corrected chi connectivity index (χ4v) is 4.60. The monoisotopic (exact) mass is 420 g/mol. The zero-order valence-electron chi connectivity index (χ0n) is 16.8. The van der Waals surface area contributed by atoms with Gasteiger partial charge in [0.15, 0.2) is 0 Å². The second-order valence-corrected chi connectivity index (χ2v) is 8.10. The minimum absolute atomic E-state index is 0.0214. The van der Waals surface area contributed by atoms with E-state index in [1.807, 2.05) is 17.0 Å². The van der Waals surface area contributed by atoms with Crippen LogP contribution >= 0.6 is 0 Å². The van der Waals surface area contributed by atoms with Crippen molar-refractivity contribution in [2.24, 2.45) is 0 Å². The zero-order chi connectivity index (χ0) is 21.5. The number of halogens is 1. The summed E-state index contributed by atoms with van der Waals surface area (Å²) in [5, 5.41) is 7.89. The summed E-state index contributed by atoms with van der Waals surface area (Å²) >= 11 is 0. The Hall–Kier alpha value is -3.55. The summed E-state index contributed by atoms with van der Waals surface area (Å²) in [5.74, 6) is -1.17. The predicted molar refractivity (Wildman–Crippen MR) is 112 cm³/mol. The lowest BCUT2D eigenvalue weighted by Gasteiger charge is -2.37. The van der Waals surface area contributed by atoms with Crippen LogP contribution in [0.4, 0.5) is 4.39 Å². The van der Waals surface area contributed by atoms with Crippen LogP contribution < -0.4 is 5.56 Å². The van der Waals surface area contributed by atoms with E-state index in [1.54, 1.807) is 18.2 Å². The van der Waals surface area contributed by atoms with E-state index in [1.165, 1.54) is 17.0 Å². The van der Waals surface area contributed by atoms with Gasteiger partial charge in [-0.15, -0.1) is 0 Å². The lowest BCUT2D eigenvalue weighted by molar-refractivity contribution is -0.136. The molecule has 0 radical (unpaired) electrons. The SMILES string of the molecule is O=C(c1cc(Cc2n[nH]c(=O)c3ccccc23)ccc1F)N1CC(=O)N2CCC[C@@H]2C1. The van der Waals surface area contributed by atoms with Crippen LogP contribution in [0.1, 0.15) is 34.5 Å². The molecule has 5 rings (SSSR count). The summed E-state index contributed by atoms with van der Waals surface area (Å²) in [6.07, 6.45) is 2.12. The minimum Gasteiger partial charge on any atom is -0.336 e. The standard InChI is InChI=1S/C23H21FN4O3/c24-19-8-7-14(11-20-16-5-1-2-6-17(16)22(30)26-25-20)10-18(19)23(31)27-12-15-4-3-9-28(15)21(29)13-27/h1-2,5-8,10,15H,3-4,9,11-13H2,(H,26,30)/t15-/m1/s1. The molecular weight excluding hydrogens is 399 g/mol. The van der Waals surface area contributed by atoms with Crippen molar-refractivity contribution < 1.29 is 14.0 Å². The molecule has 2 aromatic carbocycles. The number of carbonyl (C=O) groups excluding carboxylic acids is 2. The number of fused-ring (bicyclic) bond motifs is 2. The Labute approximate surface area is 177 Å². The molecule has 0 spiro atoms. The highest BCUT2D eigenvalue weighted by Crippen LogP contribution is 2.25. The first-order valence-corrected chi connectivity index (χ1v) is 10.3. The number of H-pyrrole nitrogens is 1. The van der Waals surface area contributed by atoms with Crippen LogP contribution in [0.25, 0.3) is 10.8 Å². The molecule has 2 fully saturated rings. The van der Waals surface area contributed by atoms with Crippen molar-refractivity contribution in [3.05, 3.63) is 75.5 Å². The van der Waals surface area contributed by atoms with Gasteiger partial charge >= 0.3 is 0 Å². The number of nitrogens with zero attached hydrogens (tertiary/aromatic N) is 3. The molecule has 0 aliphatic carbocycles. The van der Waals surface area contributed by atoms with Gasteiger partial charge < -0.3 is 9.80 Å². The molecule has 3 aromatic rings. The first kappa shape index (κ1) is 19.4. The summed E-state index contributed by atoms with van der Waals surface area (Å²) in [7, 11) is 0. The van der Waals surface area contributed by atoms with E-state index in [4.69, 9.17) is 0 Å². The van der Waals surface area contributed by atoms with Crippen molar-refractivity contribution >= 4 is 22.6 Å². The molecular formula is C23H21FN4O3. The third-order valence-electron chi connectivity index (χ3n) is 6.15. The van der Waals surface area contributed by atoms with Gasteiger partial charge in [-0.05, 0) is 36.6 Å². The van der Waals surface area contributed by atoms with E-state index < -0.39 is 11.7 Å². The fourth-order valence-electron chi connectivity index (χ4n) is 4.60. The van der Waals surface area contributed by atoms with Gasteiger partial charge in [0, 0.05) is 30.9 Å². The van der Waals surface area contributed by atoms with Gasteiger partial charge in [-0.25, -0.2) is 9.49 Å². The number of hydrogen-bond acceptors (Lipinski definition) is 4. The normalized spacial score (nSPS) is 18.5. The average molecular weight is 420 g/mol. The van der Waals surface area contributed by atoms with Crippen molar-refractivity contribution in [2.45, 2.75) is 25.3 Å². The number of aromatic amines is 1. The molecule has 8 heteroatoms. The maximum atomic E-state index is 14.6. The molecule has 2 amide bonds. The maximum Gasteiger partial charge on any atom is 0.272 e. The van der Waals surface area contributed by atoms with Crippen molar-refractivity contribution in [1.82, 2.24) is 20.0 Å². The Morgan fingerprint density at radius 2 is 1.97 bits per heavy atom. The Kier molecular flexibility index (Phi) is 4.77. The van der Waals surface area contributed by atoms with Gasteiger partial charge in [0.2, 0.25) is 5.91 Å².